The van der Waals surface area contributed by atoms with Crippen molar-refractivity contribution < 1.29 is 32.4 Å². The molecule has 5 rings (SSSR count). The summed E-state index contributed by atoms with van der Waals surface area (Å²) in [5.41, 5.74) is -0.687. The molecule has 3 aliphatic carbocycles. The first kappa shape index (κ1) is 40.3. The molecule has 5 aliphatic rings. The fourth-order valence-electron chi connectivity index (χ4n) is 9.94. The lowest BCUT2D eigenvalue weighted by Gasteiger charge is -2.39. The van der Waals surface area contributed by atoms with Crippen LogP contribution in [0.1, 0.15) is 169 Å². The molecule has 3 saturated carbocycles. The Balaban J connectivity index is 1.35. The highest BCUT2D eigenvalue weighted by Crippen LogP contribution is 2.65. The summed E-state index contributed by atoms with van der Waals surface area (Å²) in [6.07, 6.45) is 15.5. The van der Waals surface area contributed by atoms with Crippen molar-refractivity contribution in [2.75, 3.05) is 12.3 Å². The molecular weight excluding hydrogens is 663 g/mol. The molecule has 2 saturated heterocycles. The van der Waals surface area contributed by atoms with E-state index in [0.29, 0.717) is 38.1 Å². The standard InChI is InChI=1S/C42H67NO7S/c1-40(2,3)51(49,50)28-42(22-14-11-15-23-42)26-32(44)24-31-17-13-10-8-6-7-9-12-16-30(38(47)34(45)21-20-29-18-19-29)25-35(46)37-36-33(41(36,4)5)27-43(37)39(31)48/h29-31,33,36-37H,6-28H2,1-5H3/t30-,31-,33+,36+,37-/m1/s1. The monoisotopic (exact) mass is 729 g/mol. The normalized spacial score (nSPS) is 30.7. The second kappa shape index (κ2) is 16.2. The van der Waals surface area contributed by atoms with Crippen LogP contribution in [0.5, 0.6) is 0 Å². The molecule has 8 nitrogen and oxygen atoms in total. The zero-order valence-corrected chi connectivity index (χ0v) is 33.3. The van der Waals surface area contributed by atoms with E-state index in [0.717, 1.165) is 83.5 Å². The predicted molar refractivity (Wildman–Crippen MR) is 200 cm³/mol. The summed E-state index contributed by atoms with van der Waals surface area (Å²) < 4.78 is 25.9. The van der Waals surface area contributed by atoms with E-state index >= 15 is 0 Å². The van der Waals surface area contributed by atoms with Gasteiger partial charge in [-0.3, -0.25) is 24.0 Å². The van der Waals surface area contributed by atoms with Crippen molar-refractivity contribution in [3.8, 4) is 0 Å². The van der Waals surface area contributed by atoms with Gasteiger partial charge in [0.25, 0.3) is 0 Å². The third-order valence-corrected chi connectivity index (χ3v) is 16.6. The van der Waals surface area contributed by atoms with E-state index in [1.165, 1.54) is 0 Å². The smallest absolute Gasteiger partial charge is 0.226 e. The summed E-state index contributed by atoms with van der Waals surface area (Å²) in [5.74, 6) is -1.47. The van der Waals surface area contributed by atoms with E-state index in [1.807, 2.05) is 0 Å². The molecule has 0 unspecified atom stereocenters. The van der Waals surface area contributed by atoms with Crippen molar-refractivity contribution in [1.29, 1.82) is 0 Å². The number of amides is 1. The SMILES string of the molecule is CC1(C)[C@@H]2[C@H]3C(=O)C[C@H](C(=O)C(=O)CCC4CC4)CCCCCCCCC[C@H](CC(=O)CC4(CS(=O)(=O)C(C)(C)C)CCCCC4)C(=O)N3C[C@@H]21. The number of rotatable bonds is 11. The van der Waals surface area contributed by atoms with Crippen LogP contribution in [0.2, 0.25) is 0 Å². The molecule has 0 N–H and O–H groups in total. The molecule has 51 heavy (non-hydrogen) atoms. The molecule has 0 aromatic heterocycles. The third-order valence-electron chi connectivity index (χ3n) is 13.7. The first-order chi connectivity index (χ1) is 24.0. The molecule has 0 bridgehead atoms. The lowest BCUT2D eigenvalue weighted by Crippen LogP contribution is -2.49. The van der Waals surface area contributed by atoms with Crippen LogP contribution in [0.25, 0.3) is 0 Å². The Morgan fingerprint density at radius 1 is 0.824 bits per heavy atom. The third kappa shape index (κ3) is 9.81. The van der Waals surface area contributed by atoms with E-state index in [9.17, 15) is 32.4 Å². The van der Waals surface area contributed by atoms with Crippen LogP contribution in [0, 0.1) is 40.4 Å². The average molecular weight is 730 g/mol. The molecule has 2 aliphatic heterocycles. The minimum Gasteiger partial charge on any atom is -0.332 e. The lowest BCUT2D eigenvalue weighted by molar-refractivity contribution is -0.145. The van der Waals surface area contributed by atoms with Gasteiger partial charge in [0.05, 0.1) is 16.5 Å². The van der Waals surface area contributed by atoms with Gasteiger partial charge in [0.15, 0.2) is 21.4 Å². The van der Waals surface area contributed by atoms with Gasteiger partial charge in [-0.1, -0.05) is 90.9 Å². The molecule has 9 heteroatoms. The fraction of sp³-hybridized carbons (Fsp3) is 0.881. The zero-order chi connectivity index (χ0) is 37.2. The number of piperidine rings is 1. The Bertz CT molecular complexity index is 1410. The van der Waals surface area contributed by atoms with Crippen LogP contribution in [-0.2, 0) is 33.8 Å². The highest BCUT2D eigenvalue weighted by Gasteiger charge is 2.69. The maximum absolute atomic E-state index is 14.6. The number of carbonyl (C=O) groups excluding carboxylic acids is 5. The second-order valence-corrected chi connectivity index (χ2v) is 21.9. The number of Topliss-reactive ketones (excluding diaryl/α,β-unsaturated/α-hetero) is 4. The molecule has 288 valence electrons. The minimum atomic E-state index is -3.45. The van der Waals surface area contributed by atoms with Gasteiger partial charge in [-0.2, -0.15) is 0 Å². The average Bonchev–Trinajstić information content (AvgIpc) is 3.92. The summed E-state index contributed by atoms with van der Waals surface area (Å²) in [5, 5.41) is 0. The van der Waals surface area contributed by atoms with Crippen LogP contribution < -0.4 is 0 Å². The Labute approximate surface area is 308 Å². The number of carbonyl (C=O) groups is 5. The number of nitrogens with zero attached hydrogens (tertiary/aromatic N) is 1. The lowest BCUT2D eigenvalue weighted by atomic mass is 9.71. The zero-order valence-electron chi connectivity index (χ0n) is 32.4. The van der Waals surface area contributed by atoms with E-state index < -0.39 is 43.7 Å². The number of fused-ring (bicyclic) bond motifs is 3. The Morgan fingerprint density at radius 2 is 1.41 bits per heavy atom. The topological polar surface area (TPSA) is 123 Å². The van der Waals surface area contributed by atoms with Crippen molar-refractivity contribution in [3.05, 3.63) is 0 Å². The summed E-state index contributed by atoms with van der Waals surface area (Å²) in [7, 11) is -3.45. The van der Waals surface area contributed by atoms with Gasteiger partial charge in [0.1, 0.15) is 5.78 Å². The molecule has 0 aromatic carbocycles. The first-order valence-electron chi connectivity index (χ1n) is 20.6. The van der Waals surface area contributed by atoms with E-state index in [-0.39, 0.29) is 71.9 Å². The molecule has 5 atom stereocenters. The Morgan fingerprint density at radius 3 is 2.02 bits per heavy atom. The molecule has 0 radical (unpaired) electrons. The predicted octanol–water partition coefficient (Wildman–Crippen LogP) is 8.03. The minimum absolute atomic E-state index is 0.00202. The van der Waals surface area contributed by atoms with Crippen LogP contribution in [0.15, 0.2) is 0 Å². The van der Waals surface area contributed by atoms with Crippen molar-refractivity contribution in [2.24, 2.45) is 40.4 Å². The molecule has 1 amide bonds. The molecule has 0 spiro atoms. The summed E-state index contributed by atoms with van der Waals surface area (Å²) in [4.78, 5) is 71.3. The maximum Gasteiger partial charge on any atom is 0.226 e. The number of hydrogen-bond acceptors (Lipinski definition) is 7. The van der Waals surface area contributed by atoms with Crippen molar-refractivity contribution in [3.63, 3.8) is 0 Å². The largest absolute Gasteiger partial charge is 0.332 e. The van der Waals surface area contributed by atoms with Gasteiger partial charge < -0.3 is 4.90 Å². The summed E-state index contributed by atoms with van der Waals surface area (Å²) in [6.45, 7) is 9.95. The van der Waals surface area contributed by atoms with E-state index in [2.05, 4.69) is 13.8 Å². The first-order valence-corrected chi connectivity index (χ1v) is 22.3. The van der Waals surface area contributed by atoms with Gasteiger partial charge >= 0.3 is 0 Å². The molecule has 0 aromatic rings. The molecule has 5 fully saturated rings. The van der Waals surface area contributed by atoms with Gasteiger partial charge in [-0.05, 0) is 81.5 Å². The molecule has 2 heterocycles. The quantitative estimate of drug-likeness (QED) is 0.197. The van der Waals surface area contributed by atoms with E-state index in [4.69, 9.17) is 0 Å². The van der Waals surface area contributed by atoms with Gasteiger partial charge in [0.2, 0.25) is 11.7 Å². The summed E-state index contributed by atoms with van der Waals surface area (Å²) in [6, 6.07) is -0.638. The number of hydrogen-bond donors (Lipinski definition) is 0. The summed E-state index contributed by atoms with van der Waals surface area (Å²) >= 11 is 0. The highest BCUT2D eigenvalue weighted by molar-refractivity contribution is 7.92. The van der Waals surface area contributed by atoms with Crippen LogP contribution in [0.3, 0.4) is 0 Å². The van der Waals surface area contributed by atoms with Crippen LogP contribution in [0.4, 0.5) is 0 Å². The van der Waals surface area contributed by atoms with Crippen molar-refractivity contribution in [2.45, 2.75) is 180 Å². The highest BCUT2D eigenvalue weighted by atomic mass is 32.2. The van der Waals surface area contributed by atoms with Gasteiger partial charge in [0, 0.05) is 44.1 Å². The van der Waals surface area contributed by atoms with Crippen LogP contribution in [-0.4, -0.2) is 65.4 Å². The number of ketones is 4. The van der Waals surface area contributed by atoms with Crippen LogP contribution >= 0.6 is 0 Å². The second-order valence-electron chi connectivity index (χ2n) is 19.1. The van der Waals surface area contributed by atoms with Crippen molar-refractivity contribution >= 4 is 38.9 Å². The maximum atomic E-state index is 14.6. The number of sulfone groups is 1. The fourth-order valence-corrected chi connectivity index (χ4v) is 11.6. The molecular formula is C42H67NO7S. The van der Waals surface area contributed by atoms with Gasteiger partial charge in [-0.25, -0.2) is 8.42 Å². The van der Waals surface area contributed by atoms with E-state index in [1.54, 1.807) is 25.7 Å². The van der Waals surface area contributed by atoms with Gasteiger partial charge in [-0.15, -0.1) is 0 Å². The van der Waals surface area contributed by atoms with Crippen molar-refractivity contribution in [1.82, 2.24) is 4.90 Å². The Kier molecular flexibility index (Phi) is 12.8. The Hall–Kier alpha value is -1.90.